The number of aliphatic hydroxyl groups is 1. The first-order valence-corrected chi connectivity index (χ1v) is 14.1. The number of carbonyl (C=O) groups excluding carboxylic acids is 2. The van der Waals surface area contributed by atoms with Crippen molar-refractivity contribution in [1.29, 1.82) is 0 Å². The Bertz CT molecular complexity index is 1270. The van der Waals surface area contributed by atoms with Gasteiger partial charge in [-0.1, -0.05) is 18.5 Å². The van der Waals surface area contributed by atoms with Gasteiger partial charge in [0.1, 0.15) is 11.9 Å². The molecule has 2 amide bonds. The lowest BCUT2D eigenvalue weighted by Gasteiger charge is -2.38. The van der Waals surface area contributed by atoms with Gasteiger partial charge < -0.3 is 20.1 Å². The third-order valence-corrected chi connectivity index (χ3v) is 8.93. The van der Waals surface area contributed by atoms with Gasteiger partial charge in [-0.05, 0) is 62.2 Å². The monoisotopic (exact) mass is 549 g/mol. The number of benzene rings is 2. The first-order chi connectivity index (χ1) is 17.5. The zero-order valence-corrected chi connectivity index (χ0v) is 22.6. The SMILES string of the molecule is C[C@@H]1CN([C@H](C)CO)C(=O)c2cc(NC(=O)C3CC3)ccc2O[C@H]1CN(C)S(=O)(=O)c1ccc(Cl)cc1. The molecule has 11 heteroatoms. The van der Waals surface area contributed by atoms with Crippen LogP contribution >= 0.6 is 11.6 Å². The zero-order chi connectivity index (χ0) is 26.9. The molecule has 37 heavy (non-hydrogen) atoms. The second-order valence-corrected chi connectivity index (χ2v) is 12.3. The molecule has 0 spiro atoms. The van der Waals surface area contributed by atoms with Crippen LogP contribution in [0.25, 0.3) is 0 Å². The maximum Gasteiger partial charge on any atom is 0.258 e. The van der Waals surface area contributed by atoms with Gasteiger partial charge >= 0.3 is 0 Å². The van der Waals surface area contributed by atoms with Crippen LogP contribution in [0, 0.1) is 11.8 Å². The highest BCUT2D eigenvalue weighted by Gasteiger charge is 2.36. The van der Waals surface area contributed by atoms with Crippen LogP contribution in [0.1, 0.15) is 37.0 Å². The number of ether oxygens (including phenoxy) is 1. The van der Waals surface area contributed by atoms with Crippen LogP contribution in [0.3, 0.4) is 0 Å². The van der Waals surface area contributed by atoms with Crippen molar-refractivity contribution in [3.8, 4) is 5.75 Å². The Kier molecular flexibility index (Phi) is 8.13. The van der Waals surface area contributed by atoms with Crippen molar-refractivity contribution in [1.82, 2.24) is 9.21 Å². The van der Waals surface area contributed by atoms with Crippen molar-refractivity contribution < 1.29 is 27.9 Å². The Balaban J connectivity index is 1.64. The largest absolute Gasteiger partial charge is 0.488 e. The highest BCUT2D eigenvalue weighted by atomic mass is 35.5. The van der Waals surface area contributed by atoms with Crippen molar-refractivity contribution in [2.45, 2.75) is 43.7 Å². The molecule has 0 aromatic heterocycles. The molecule has 2 N–H and O–H groups in total. The molecule has 1 fully saturated rings. The minimum Gasteiger partial charge on any atom is -0.488 e. The smallest absolute Gasteiger partial charge is 0.258 e. The van der Waals surface area contributed by atoms with Gasteiger partial charge in [0.15, 0.2) is 0 Å². The molecule has 2 aromatic carbocycles. The number of hydrogen-bond acceptors (Lipinski definition) is 6. The second kappa shape index (κ2) is 11.0. The van der Waals surface area contributed by atoms with Crippen LogP contribution in [0.15, 0.2) is 47.4 Å². The van der Waals surface area contributed by atoms with E-state index >= 15 is 0 Å². The summed E-state index contributed by atoms with van der Waals surface area (Å²) >= 11 is 5.92. The van der Waals surface area contributed by atoms with Crippen molar-refractivity contribution in [2.75, 3.05) is 32.1 Å². The van der Waals surface area contributed by atoms with E-state index < -0.39 is 22.2 Å². The van der Waals surface area contributed by atoms with Gasteiger partial charge in [0.05, 0.1) is 29.7 Å². The van der Waals surface area contributed by atoms with E-state index in [1.165, 1.54) is 35.6 Å². The predicted molar refractivity (Wildman–Crippen MR) is 140 cm³/mol. The topological polar surface area (TPSA) is 116 Å². The van der Waals surface area contributed by atoms with Gasteiger partial charge in [-0.25, -0.2) is 8.42 Å². The summed E-state index contributed by atoms with van der Waals surface area (Å²) in [5.74, 6) is -0.378. The first kappa shape index (κ1) is 27.4. The Morgan fingerprint density at radius 2 is 1.92 bits per heavy atom. The number of carbonyl (C=O) groups is 2. The number of rotatable bonds is 8. The number of nitrogens with one attached hydrogen (secondary N) is 1. The molecule has 0 bridgehead atoms. The van der Waals surface area contributed by atoms with E-state index in [-0.39, 0.29) is 53.8 Å². The lowest BCUT2D eigenvalue weighted by Crippen LogP contribution is -2.50. The maximum absolute atomic E-state index is 13.5. The van der Waals surface area contributed by atoms with Gasteiger partial charge in [-0.2, -0.15) is 4.31 Å². The third-order valence-electron chi connectivity index (χ3n) is 6.84. The minimum absolute atomic E-state index is 0.00299. The van der Waals surface area contributed by atoms with E-state index in [4.69, 9.17) is 16.3 Å². The number of halogens is 1. The summed E-state index contributed by atoms with van der Waals surface area (Å²) in [6, 6.07) is 10.3. The van der Waals surface area contributed by atoms with E-state index in [9.17, 15) is 23.1 Å². The molecule has 200 valence electrons. The molecular weight excluding hydrogens is 518 g/mol. The Labute approximate surface area is 222 Å². The number of aliphatic hydroxyl groups excluding tert-OH is 1. The standard InChI is InChI=1S/C26H32ClN3O6S/c1-16-13-30(17(2)15-31)26(33)22-12-20(28-25(32)18-4-5-18)8-11-23(22)36-24(16)14-29(3)37(34,35)21-9-6-19(27)7-10-21/h6-12,16-18,24,31H,4-5,13-15H2,1-3H3,(H,28,32)/t16-,17-,24+/m1/s1. The Morgan fingerprint density at radius 3 is 2.54 bits per heavy atom. The molecule has 4 rings (SSSR count). The molecule has 0 saturated heterocycles. The van der Waals surface area contributed by atoms with E-state index in [2.05, 4.69) is 5.32 Å². The Morgan fingerprint density at radius 1 is 1.24 bits per heavy atom. The van der Waals surface area contributed by atoms with Crippen molar-refractivity contribution in [3.05, 3.63) is 53.1 Å². The fourth-order valence-corrected chi connectivity index (χ4v) is 5.56. The summed E-state index contributed by atoms with van der Waals surface area (Å²) in [6.07, 6.45) is 1.11. The van der Waals surface area contributed by atoms with Crippen molar-refractivity contribution in [2.24, 2.45) is 11.8 Å². The number of amides is 2. The number of hydrogen-bond donors (Lipinski definition) is 2. The second-order valence-electron chi connectivity index (χ2n) is 9.84. The van der Waals surface area contributed by atoms with Crippen LogP contribution in [0.5, 0.6) is 5.75 Å². The summed E-state index contributed by atoms with van der Waals surface area (Å²) in [7, 11) is -2.34. The lowest BCUT2D eigenvalue weighted by molar-refractivity contribution is -0.117. The van der Waals surface area contributed by atoms with Crippen LogP contribution in [0.4, 0.5) is 5.69 Å². The van der Waals surface area contributed by atoms with E-state index in [0.29, 0.717) is 16.5 Å². The van der Waals surface area contributed by atoms with Crippen LogP contribution in [0.2, 0.25) is 5.02 Å². The summed E-state index contributed by atoms with van der Waals surface area (Å²) in [5, 5.41) is 13.1. The van der Waals surface area contributed by atoms with Crippen LogP contribution < -0.4 is 10.1 Å². The highest BCUT2D eigenvalue weighted by Crippen LogP contribution is 2.33. The summed E-state index contributed by atoms with van der Waals surface area (Å²) in [6.45, 7) is 3.67. The van der Waals surface area contributed by atoms with E-state index in [0.717, 1.165) is 12.8 Å². The van der Waals surface area contributed by atoms with Gasteiger partial charge in [0, 0.05) is 36.1 Å². The molecule has 0 unspecified atom stereocenters. The number of fused-ring (bicyclic) bond motifs is 1. The third kappa shape index (κ3) is 6.09. The molecule has 1 aliphatic heterocycles. The molecule has 0 radical (unpaired) electrons. The molecule has 1 aliphatic carbocycles. The summed E-state index contributed by atoms with van der Waals surface area (Å²) < 4.78 is 33.9. The van der Waals surface area contributed by atoms with Crippen molar-refractivity contribution >= 4 is 39.1 Å². The number of nitrogens with zero attached hydrogens (tertiary/aromatic N) is 2. The summed E-state index contributed by atoms with van der Waals surface area (Å²) in [5.41, 5.74) is 0.728. The molecule has 1 saturated carbocycles. The molecule has 9 nitrogen and oxygen atoms in total. The Hall–Kier alpha value is -2.66. The van der Waals surface area contributed by atoms with Crippen molar-refractivity contribution in [3.63, 3.8) is 0 Å². The maximum atomic E-state index is 13.5. The molecule has 2 aromatic rings. The lowest BCUT2D eigenvalue weighted by atomic mass is 9.99. The van der Waals surface area contributed by atoms with E-state index in [1.807, 2.05) is 6.92 Å². The fraction of sp³-hybridized carbons (Fsp3) is 0.462. The summed E-state index contributed by atoms with van der Waals surface area (Å²) in [4.78, 5) is 27.5. The zero-order valence-electron chi connectivity index (χ0n) is 21.1. The molecule has 3 atom stereocenters. The predicted octanol–water partition coefficient (Wildman–Crippen LogP) is 3.23. The van der Waals surface area contributed by atoms with Crippen LogP contribution in [-0.4, -0.2) is 73.4 Å². The number of anilines is 1. The van der Waals surface area contributed by atoms with Gasteiger partial charge in [-0.15, -0.1) is 0 Å². The highest BCUT2D eigenvalue weighted by molar-refractivity contribution is 7.89. The fourth-order valence-electron chi connectivity index (χ4n) is 4.25. The average Bonchev–Trinajstić information content (AvgIpc) is 3.72. The molecule has 1 heterocycles. The molecule has 2 aliphatic rings. The minimum atomic E-state index is -3.82. The van der Waals surface area contributed by atoms with Gasteiger partial charge in [-0.3, -0.25) is 9.59 Å². The normalized spacial score (nSPS) is 21.0. The van der Waals surface area contributed by atoms with Gasteiger partial charge in [0.2, 0.25) is 15.9 Å². The molecular formula is C26H32ClN3O6S. The van der Waals surface area contributed by atoms with E-state index in [1.54, 1.807) is 30.0 Å². The average molecular weight is 550 g/mol. The first-order valence-electron chi connectivity index (χ1n) is 12.3. The van der Waals surface area contributed by atoms with Gasteiger partial charge in [0.25, 0.3) is 5.91 Å². The quantitative estimate of drug-likeness (QED) is 0.522. The van der Waals surface area contributed by atoms with Crippen LogP contribution in [-0.2, 0) is 14.8 Å². The number of likely N-dealkylation sites (N-methyl/N-ethyl adjacent to an activating group) is 1. The number of sulfonamides is 1.